The molecular formula is C17H22N2O4S2. The number of ether oxygens (including phenoxy) is 2. The molecule has 136 valence electrons. The number of rotatable bonds is 7. The SMILES string of the molecule is COc1ccc(S(=O)(=O)NC[C@H](c2cccs2)N2CCOCC2)cc1. The third-order valence-electron chi connectivity index (χ3n) is 4.19. The minimum Gasteiger partial charge on any atom is -0.497 e. The van der Waals surface area contributed by atoms with E-state index < -0.39 is 10.0 Å². The maximum Gasteiger partial charge on any atom is 0.240 e. The van der Waals surface area contributed by atoms with E-state index in [0.717, 1.165) is 18.0 Å². The summed E-state index contributed by atoms with van der Waals surface area (Å²) in [6, 6.07) is 10.4. The van der Waals surface area contributed by atoms with Crippen LogP contribution in [0, 0.1) is 0 Å². The quantitative estimate of drug-likeness (QED) is 0.794. The summed E-state index contributed by atoms with van der Waals surface area (Å²) in [6.45, 7) is 3.27. The Morgan fingerprint density at radius 1 is 1.24 bits per heavy atom. The van der Waals surface area contributed by atoms with Crippen LogP contribution in [0.5, 0.6) is 5.75 Å². The van der Waals surface area contributed by atoms with Crippen LogP contribution in [0.4, 0.5) is 0 Å². The first-order valence-electron chi connectivity index (χ1n) is 8.09. The Kier molecular flexibility index (Phi) is 6.08. The lowest BCUT2D eigenvalue weighted by molar-refractivity contribution is 0.0179. The minimum atomic E-state index is -3.57. The second-order valence-electron chi connectivity index (χ2n) is 5.71. The van der Waals surface area contributed by atoms with Gasteiger partial charge in [-0.05, 0) is 35.7 Å². The standard InChI is InChI=1S/C17H22N2O4S2/c1-22-14-4-6-15(7-5-14)25(20,21)18-13-16(17-3-2-12-24-17)19-8-10-23-11-9-19/h2-7,12,16,18H,8-11,13H2,1H3/t16-/m1/s1. The van der Waals surface area contributed by atoms with E-state index in [9.17, 15) is 8.42 Å². The molecule has 2 heterocycles. The van der Waals surface area contributed by atoms with Crippen molar-refractivity contribution in [1.29, 1.82) is 0 Å². The summed E-state index contributed by atoms with van der Waals surface area (Å²) in [4.78, 5) is 3.66. The molecule has 0 bridgehead atoms. The Labute approximate surface area is 152 Å². The summed E-state index contributed by atoms with van der Waals surface area (Å²) in [6.07, 6.45) is 0. The van der Waals surface area contributed by atoms with E-state index in [2.05, 4.69) is 9.62 Å². The van der Waals surface area contributed by atoms with Crippen LogP contribution in [-0.2, 0) is 14.8 Å². The monoisotopic (exact) mass is 382 g/mol. The first-order valence-corrected chi connectivity index (χ1v) is 10.5. The van der Waals surface area contributed by atoms with Crippen molar-refractivity contribution in [2.24, 2.45) is 0 Å². The van der Waals surface area contributed by atoms with Crippen LogP contribution < -0.4 is 9.46 Å². The molecule has 1 aromatic heterocycles. The third-order valence-corrected chi connectivity index (χ3v) is 6.61. The fraction of sp³-hybridized carbons (Fsp3) is 0.412. The average Bonchev–Trinajstić information content (AvgIpc) is 3.17. The molecule has 1 saturated heterocycles. The Hall–Kier alpha value is -1.45. The maximum absolute atomic E-state index is 12.6. The molecule has 0 spiro atoms. The molecule has 1 fully saturated rings. The molecule has 1 N–H and O–H groups in total. The summed E-state index contributed by atoms with van der Waals surface area (Å²) < 4.78 is 38.4. The average molecular weight is 383 g/mol. The van der Waals surface area contributed by atoms with Gasteiger partial charge in [-0.3, -0.25) is 4.90 Å². The molecule has 1 aliphatic rings. The fourth-order valence-electron chi connectivity index (χ4n) is 2.81. The van der Waals surface area contributed by atoms with E-state index in [-0.39, 0.29) is 10.9 Å². The highest BCUT2D eigenvalue weighted by Gasteiger charge is 2.25. The van der Waals surface area contributed by atoms with Gasteiger partial charge in [-0.25, -0.2) is 13.1 Å². The van der Waals surface area contributed by atoms with E-state index in [1.54, 1.807) is 42.7 Å². The zero-order valence-corrected chi connectivity index (χ0v) is 15.7. The molecule has 1 aliphatic heterocycles. The lowest BCUT2D eigenvalue weighted by atomic mass is 10.2. The van der Waals surface area contributed by atoms with Crippen molar-refractivity contribution in [3.05, 3.63) is 46.7 Å². The predicted octanol–water partition coefficient (Wildman–Crippen LogP) is 2.11. The molecular weight excluding hydrogens is 360 g/mol. The van der Waals surface area contributed by atoms with Crippen molar-refractivity contribution in [3.63, 3.8) is 0 Å². The molecule has 1 aromatic carbocycles. The predicted molar refractivity (Wildman–Crippen MR) is 97.6 cm³/mol. The van der Waals surface area contributed by atoms with Crippen molar-refractivity contribution in [3.8, 4) is 5.75 Å². The van der Waals surface area contributed by atoms with Crippen molar-refractivity contribution in [1.82, 2.24) is 9.62 Å². The Bertz CT molecular complexity index is 754. The summed E-state index contributed by atoms with van der Waals surface area (Å²) in [5.74, 6) is 0.628. The highest BCUT2D eigenvalue weighted by molar-refractivity contribution is 7.89. The molecule has 3 rings (SSSR count). The maximum atomic E-state index is 12.6. The first-order chi connectivity index (χ1) is 12.1. The lowest BCUT2D eigenvalue weighted by Gasteiger charge is -2.34. The van der Waals surface area contributed by atoms with Crippen LogP contribution in [-0.4, -0.2) is 53.3 Å². The molecule has 1 atom stereocenters. The topological polar surface area (TPSA) is 67.9 Å². The molecule has 0 unspecified atom stereocenters. The molecule has 0 aliphatic carbocycles. The van der Waals surface area contributed by atoms with Crippen molar-refractivity contribution >= 4 is 21.4 Å². The van der Waals surface area contributed by atoms with Gasteiger partial charge in [0.1, 0.15) is 5.75 Å². The van der Waals surface area contributed by atoms with E-state index in [1.807, 2.05) is 17.5 Å². The highest BCUT2D eigenvalue weighted by Crippen LogP contribution is 2.26. The number of benzene rings is 1. The van der Waals surface area contributed by atoms with Gasteiger partial charge < -0.3 is 9.47 Å². The van der Waals surface area contributed by atoms with Crippen LogP contribution in [0.15, 0.2) is 46.7 Å². The lowest BCUT2D eigenvalue weighted by Crippen LogP contribution is -2.43. The second kappa shape index (κ2) is 8.29. The van der Waals surface area contributed by atoms with Crippen LogP contribution in [0.2, 0.25) is 0 Å². The molecule has 0 radical (unpaired) electrons. The van der Waals surface area contributed by atoms with Gasteiger partial charge in [-0.1, -0.05) is 6.07 Å². The van der Waals surface area contributed by atoms with Crippen LogP contribution in [0.1, 0.15) is 10.9 Å². The van der Waals surface area contributed by atoms with Gasteiger partial charge in [0, 0.05) is 24.5 Å². The van der Waals surface area contributed by atoms with Gasteiger partial charge in [0.25, 0.3) is 0 Å². The van der Waals surface area contributed by atoms with Gasteiger partial charge in [0.05, 0.1) is 31.3 Å². The van der Waals surface area contributed by atoms with Crippen LogP contribution in [0.25, 0.3) is 0 Å². The Morgan fingerprint density at radius 2 is 1.96 bits per heavy atom. The van der Waals surface area contributed by atoms with Crippen molar-refractivity contribution < 1.29 is 17.9 Å². The summed E-state index contributed by atoms with van der Waals surface area (Å²) in [7, 11) is -2.02. The number of hydrogen-bond donors (Lipinski definition) is 1. The number of nitrogens with one attached hydrogen (secondary N) is 1. The molecule has 0 saturated carbocycles. The van der Waals surface area contributed by atoms with Gasteiger partial charge >= 0.3 is 0 Å². The van der Waals surface area contributed by atoms with E-state index in [4.69, 9.17) is 9.47 Å². The zero-order chi connectivity index (χ0) is 17.7. The van der Waals surface area contributed by atoms with Gasteiger partial charge in [0.15, 0.2) is 0 Å². The van der Waals surface area contributed by atoms with Gasteiger partial charge in [-0.2, -0.15) is 0 Å². The number of hydrogen-bond acceptors (Lipinski definition) is 6. The number of methoxy groups -OCH3 is 1. The highest BCUT2D eigenvalue weighted by atomic mass is 32.2. The molecule has 0 amide bonds. The van der Waals surface area contributed by atoms with E-state index in [1.165, 1.54) is 0 Å². The normalized spacial score (nSPS) is 17.3. The van der Waals surface area contributed by atoms with Crippen LogP contribution in [0.3, 0.4) is 0 Å². The summed E-state index contributed by atoms with van der Waals surface area (Å²) >= 11 is 1.64. The molecule has 8 heteroatoms. The minimum absolute atomic E-state index is 0.0110. The molecule has 2 aromatic rings. The van der Waals surface area contributed by atoms with E-state index in [0.29, 0.717) is 25.5 Å². The molecule has 6 nitrogen and oxygen atoms in total. The van der Waals surface area contributed by atoms with Gasteiger partial charge in [0.2, 0.25) is 10.0 Å². The third kappa shape index (κ3) is 4.59. The van der Waals surface area contributed by atoms with Gasteiger partial charge in [-0.15, -0.1) is 11.3 Å². The van der Waals surface area contributed by atoms with Crippen molar-refractivity contribution in [2.75, 3.05) is 40.0 Å². The number of nitrogens with zero attached hydrogens (tertiary/aromatic N) is 1. The number of sulfonamides is 1. The Balaban J connectivity index is 1.73. The Morgan fingerprint density at radius 3 is 2.56 bits per heavy atom. The van der Waals surface area contributed by atoms with Crippen LogP contribution >= 0.6 is 11.3 Å². The smallest absolute Gasteiger partial charge is 0.240 e. The number of morpholine rings is 1. The molecule has 25 heavy (non-hydrogen) atoms. The largest absolute Gasteiger partial charge is 0.497 e. The number of thiophene rings is 1. The summed E-state index contributed by atoms with van der Waals surface area (Å²) in [5, 5.41) is 2.01. The van der Waals surface area contributed by atoms with Crippen molar-refractivity contribution in [2.45, 2.75) is 10.9 Å². The summed E-state index contributed by atoms with van der Waals surface area (Å²) in [5.41, 5.74) is 0. The van der Waals surface area contributed by atoms with E-state index >= 15 is 0 Å². The fourth-order valence-corrected chi connectivity index (χ4v) is 4.71. The first kappa shape index (κ1) is 18.3. The second-order valence-corrected chi connectivity index (χ2v) is 8.45. The zero-order valence-electron chi connectivity index (χ0n) is 14.1.